The van der Waals surface area contributed by atoms with Crippen molar-refractivity contribution in [3.05, 3.63) is 99.9 Å². The van der Waals surface area contributed by atoms with Gasteiger partial charge in [-0.2, -0.15) is 0 Å². The highest BCUT2D eigenvalue weighted by Gasteiger charge is 2.26. The minimum atomic E-state index is 0.00623. The first-order valence-electron chi connectivity index (χ1n) is 10.9. The summed E-state index contributed by atoms with van der Waals surface area (Å²) in [6, 6.07) is 17.9. The van der Waals surface area contributed by atoms with Gasteiger partial charge in [-0.05, 0) is 50.5 Å². The number of aryl methyl sites for hydroxylation is 3. The zero-order chi connectivity index (χ0) is 22.9. The molecule has 0 atom stereocenters. The normalized spacial score (nSPS) is 12.5. The molecule has 0 spiro atoms. The maximum Gasteiger partial charge on any atom is 0.224 e. The van der Waals surface area contributed by atoms with Crippen LogP contribution in [0.15, 0.2) is 59.6 Å². The van der Waals surface area contributed by atoms with Gasteiger partial charge in [-0.15, -0.1) is 21.5 Å². The Morgan fingerprint density at radius 2 is 1.76 bits per heavy atom. The topological polar surface area (TPSA) is 72.2 Å². The fraction of sp³-hybridized carbons (Fsp3) is 0.192. The number of nitrogens with zero attached hydrogens (tertiary/aromatic N) is 4. The molecule has 6 nitrogen and oxygen atoms in total. The van der Waals surface area contributed by atoms with Gasteiger partial charge in [0.25, 0.3) is 0 Å². The van der Waals surface area contributed by atoms with E-state index in [9.17, 15) is 4.79 Å². The van der Waals surface area contributed by atoms with Crippen molar-refractivity contribution in [3.63, 3.8) is 0 Å². The Labute approximate surface area is 197 Å². The molecule has 0 saturated carbocycles. The molecule has 0 fully saturated rings. The van der Waals surface area contributed by atoms with Gasteiger partial charge < -0.3 is 5.32 Å². The van der Waals surface area contributed by atoms with Gasteiger partial charge >= 0.3 is 0 Å². The Bertz CT molecular complexity index is 1350. The summed E-state index contributed by atoms with van der Waals surface area (Å²) in [6.07, 6.45) is 1.17. The highest BCUT2D eigenvalue weighted by molar-refractivity contribution is 7.15. The lowest BCUT2D eigenvalue weighted by atomic mass is 9.99. The summed E-state index contributed by atoms with van der Waals surface area (Å²) in [5.74, 6) is 1.58. The van der Waals surface area contributed by atoms with Crippen LogP contribution >= 0.6 is 11.3 Å². The summed E-state index contributed by atoms with van der Waals surface area (Å²) in [5, 5.41) is 12.6. The molecule has 5 rings (SSSR count). The van der Waals surface area contributed by atoms with Crippen LogP contribution in [0.2, 0.25) is 0 Å². The largest absolute Gasteiger partial charge is 0.326 e. The van der Waals surface area contributed by atoms with E-state index >= 15 is 0 Å². The van der Waals surface area contributed by atoms with E-state index in [0.29, 0.717) is 6.42 Å². The van der Waals surface area contributed by atoms with Crippen LogP contribution in [0.5, 0.6) is 0 Å². The van der Waals surface area contributed by atoms with E-state index in [1.807, 2.05) is 61.5 Å². The third-order valence-electron chi connectivity index (χ3n) is 5.89. The zero-order valence-electron chi connectivity index (χ0n) is 18.8. The van der Waals surface area contributed by atoms with Crippen LogP contribution in [-0.2, 0) is 11.2 Å². The Balaban J connectivity index is 1.37. The molecular formula is C26H24N5OS. The van der Waals surface area contributed by atoms with Crippen LogP contribution in [0.1, 0.15) is 45.2 Å². The predicted octanol–water partition coefficient (Wildman–Crippen LogP) is 5.19. The molecule has 1 amide bonds. The summed E-state index contributed by atoms with van der Waals surface area (Å²) in [7, 11) is 0. The van der Waals surface area contributed by atoms with Crippen LogP contribution in [0.4, 0.5) is 5.69 Å². The lowest BCUT2D eigenvalue weighted by molar-refractivity contribution is -0.116. The maximum atomic E-state index is 12.4. The number of nitrogens with one attached hydrogen (secondary N) is 1. The predicted molar refractivity (Wildman–Crippen MR) is 132 cm³/mol. The number of aliphatic imine (C=N–C) groups is 1. The van der Waals surface area contributed by atoms with Crippen LogP contribution in [0.3, 0.4) is 0 Å². The summed E-state index contributed by atoms with van der Waals surface area (Å²) in [6.45, 7) is 7.99. The molecule has 0 unspecified atom stereocenters. The van der Waals surface area contributed by atoms with Gasteiger partial charge in [-0.25, -0.2) is 0 Å². The fourth-order valence-electron chi connectivity index (χ4n) is 4.00. The second kappa shape index (κ2) is 8.75. The summed E-state index contributed by atoms with van der Waals surface area (Å²) < 4.78 is 2.07. The first-order valence-corrected chi connectivity index (χ1v) is 11.7. The number of fused-ring (bicyclic) bond motifs is 3. The lowest BCUT2D eigenvalue weighted by Gasteiger charge is -2.11. The lowest BCUT2D eigenvalue weighted by Crippen LogP contribution is -2.12. The second-order valence-electron chi connectivity index (χ2n) is 8.12. The molecule has 1 aliphatic rings. The zero-order valence-corrected chi connectivity index (χ0v) is 19.6. The van der Waals surface area contributed by atoms with Gasteiger partial charge in [0.2, 0.25) is 5.91 Å². The number of anilines is 1. The van der Waals surface area contributed by atoms with E-state index in [2.05, 4.69) is 33.9 Å². The molecule has 4 aromatic rings. The van der Waals surface area contributed by atoms with E-state index in [0.717, 1.165) is 51.2 Å². The van der Waals surface area contributed by atoms with Crippen LogP contribution in [0, 0.1) is 27.3 Å². The number of carbonyl (C=O) groups is 1. The monoisotopic (exact) mass is 454 g/mol. The Hall–Kier alpha value is -3.58. The minimum absolute atomic E-state index is 0.00623. The summed E-state index contributed by atoms with van der Waals surface area (Å²) in [4.78, 5) is 18.5. The van der Waals surface area contributed by atoms with Crippen molar-refractivity contribution in [2.75, 3.05) is 5.32 Å². The van der Waals surface area contributed by atoms with Gasteiger partial charge in [0, 0.05) is 28.1 Å². The van der Waals surface area contributed by atoms with Gasteiger partial charge in [-0.1, -0.05) is 42.5 Å². The van der Waals surface area contributed by atoms with Crippen molar-refractivity contribution < 1.29 is 4.79 Å². The van der Waals surface area contributed by atoms with E-state index in [-0.39, 0.29) is 5.91 Å². The number of hydrogen-bond donors (Lipinski definition) is 1. The van der Waals surface area contributed by atoms with Crippen LogP contribution < -0.4 is 5.32 Å². The molecule has 165 valence electrons. The molecule has 1 N–H and O–H groups in total. The average molecular weight is 455 g/mol. The van der Waals surface area contributed by atoms with Crippen molar-refractivity contribution in [1.82, 2.24) is 14.8 Å². The average Bonchev–Trinajstić information content (AvgIpc) is 3.27. The molecule has 0 bridgehead atoms. The number of rotatable bonds is 5. The molecule has 0 aliphatic carbocycles. The third-order valence-corrected chi connectivity index (χ3v) is 7.08. The number of aromatic nitrogens is 3. The number of thiophene rings is 1. The maximum absolute atomic E-state index is 12.4. The van der Waals surface area contributed by atoms with Crippen LogP contribution in [0.25, 0.3) is 5.00 Å². The smallest absolute Gasteiger partial charge is 0.224 e. The van der Waals surface area contributed by atoms with Gasteiger partial charge in [0.05, 0.1) is 5.71 Å². The first kappa shape index (κ1) is 21.3. The van der Waals surface area contributed by atoms with E-state index in [1.165, 1.54) is 10.4 Å². The Morgan fingerprint density at radius 1 is 1.00 bits per heavy atom. The highest BCUT2D eigenvalue weighted by atomic mass is 32.1. The van der Waals surface area contributed by atoms with E-state index in [1.54, 1.807) is 17.9 Å². The van der Waals surface area contributed by atoms with Crippen molar-refractivity contribution in [2.45, 2.75) is 33.6 Å². The van der Waals surface area contributed by atoms with Crippen molar-refractivity contribution in [3.8, 4) is 5.00 Å². The quantitative estimate of drug-likeness (QED) is 0.451. The van der Waals surface area contributed by atoms with Gasteiger partial charge in [-0.3, -0.25) is 14.4 Å². The first-order chi connectivity index (χ1) is 16.0. The number of carbonyl (C=O) groups excluding carboxylic acids is 1. The SMILES string of the molecule is Cc1sc2c(c1C)C(c1ccc(NC(=O)CCc3ccccc3)cc1)=N[CH]c1nnc(C)n1-2. The molecule has 3 heterocycles. The Kier molecular flexibility index (Phi) is 5.64. The molecule has 0 saturated heterocycles. The van der Waals surface area contributed by atoms with Gasteiger partial charge in [0.15, 0.2) is 5.82 Å². The van der Waals surface area contributed by atoms with Crippen molar-refractivity contribution in [1.29, 1.82) is 0 Å². The van der Waals surface area contributed by atoms with Crippen LogP contribution in [-0.4, -0.2) is 26.4 Å². The third kappa shape index (κ3) is 4.12. The second-order valence-corrected chi connectivity index (χ2v) is 9.33. The fourth-order valence-corrected chi connectivity index (χ4v) is 5.22. The molecular weight excluding hydrogens is 430 g/mol. The molecule has 1 aliphatic heterocycles. The summed E-state index contributed by atoms with van der Waals surface area (Å²) in [5.41, 5.74) is 6.15. The van der Waals surface area contributed by atoms with Crippen molar-refractivity contribution in [2.24, 2.45) is 4.99 Å². The number of hydrogen-bond acceptors (Lipinski definition) is 5. The highest BCUT2D eigenvalue weighted by Crippen LogP contribution is 2.36. The molecule has 2 aromatic carbocycles. The van der Waals surface area contributed by atoms with Crippen molar-refractivity contribution >= 4 is 28.6 Å². The summed E-state index contributed by atoms with van der Waals surface area (Å²) >= 11 is 1.73. The van der Waals surface area contributed by atoms with Gasteiger partial charge in [0.1, 0.15) is 17.4 Å². The molecule has 2 aromatic heterocycles. The van der Waals surface area contributed by atoms with E-state index in [4.69, 9.17) is 4.99 Å². The Morgan fingerprint density at radius 3 is 2.52 bits per heavy atom. The standard InChI is InChI=1S/C26H24N5OS/c1-16-17(2)33-26-24(16)25(27-15-22-30-29-18(3)31(22)26)20-10-12-21(13-11-20)28-23(32)14-9-19-7-5-4-6-8-19/h4-8,10-13,15H,9,14H2,1-3H3,(H,28,32). The molecule has 33 heavy (non-hydrogen) atoms. The molecule has 7 heteroatoms. The minimum Gasteiger partial charge on any atom is -0.326 e. The number of benzene rings is 2. The molecule has 1 radical (unpaired) electrons. The number of amides is 1. The van der Waals surface area contributed by atoms with E-state index < -0.39 is 0 Å².